The fourth-order valence-electron chi connectivity index (χ4n) is 1.93. The standard InChI is InChI=1S/C15H23N3O3/c1-3-15(2,13(16)18-21)14(20)17-12-8-4-6-11(10-12)7-5-9-19/h4,6,8,10,19,21H,3,5,7,9H2,1-2H3,(H2,16,18)(H,17,20). The van der Waals surface area contributed by atoms with Crippen molar-refractivity contribution in [2.75, 3.05) is 11.9 Å². The monoisotopic (exact) mass is 293 g/mol. The van der Waals surface area contributed by atoms with E-state index in [1.807, 2.05) is 18.2 Å². The topological polar surface area (TPSA) is 108 Å². The van der Waals surface area contributed by atoms with Crippen LogP contribution >= 0.6 is 0 Å². The zero-order valence-electron chi connectivity index (χ0n) is 12.5. The Balaban J connectivity index is 2.87. The van der Waals surface area contributed by atoms with Gasteiger partial charge < -0.3 is 21.4 Å². The van der Waals surface area contributed by atoms with Crippen molar-refractivity contribution in [2.24, 2.45) is 16.3 Å². The molecule has 1 aromatic rings. The molecule has 0 aliphatic rings. The van der Waals surface area contributed by atoms with Crippen LogP contribution < -0.4 is 11.1 Å². The van der Waals surface area contributed by atoms with E-state index in [0.29, 0.717) is 18.5 Å². The van der Waals surface area contributed by atoms with Gasteiger partial charge in [0.2, 0.25) is 5.91 Å². The minimum atomic E-state index is -1.06. The molecule has 0 heterocycles. The van der Waals surface area contributed by atoms with Gasteiger partial charge in [0.1, 0.15) is 5.41 Å². The average Bonchev–Trinajstić information content (AvgIpc) is 2.51. The Kier molecular flexibility index (Phi) is 6.17. The number of aliphatic hydroxyl groups is 1. The van der Waals surface area contributed by atoms with Gasteiger partial charge in [0.05, 0.1) is 0 Å². The normalized spacial score (nSPS) is 14.5. The molecular formula is C15H23N3O3. The molecule has 1 aromatic carbocycles. The number of nitrogens with zero attached hydrogens (tertiary/aromatic N) is 1. The Hall–Kier alpha value is -2.08. The summed E-state index contributed by atoms with van der Waals surface area (Å²) >= 11 is 0. The van der Waals surface area contributed by atoms with Crippen LogP contribution in [0.1, 0.15) is 32.3 Å². The van der Waals surface area contributed by atoms with Crippen molar-refractivity contribution in [3.8, 4) is 0 Å². The highest BCUT2D eigenvalue weighted by Crippen LogP contribution is 2.24. The molecule has 0 saturated heterocycles. The van der Waals surface area contributed by atoms with Gasteiger partial charge in [-0.3, -0.25) is 4.79 Å². The van der Waals surface area contributed by atoms with Crippen molar-refractivity contribution < 1.29 is 15.1 Å². The summed E-state index contributed by atoms with van der Waals surface area (Å²) in [6.07, 6.45) is 1.83. The molecule has 0 fully saturated rings. The van der Waals surface area contributed by atoms with E-state index in [9.17, 15) is 4.79 Å². The highest BCUT2D eigenvalue weighted by Gasteiger charge is 2.36. The lowest BCUT2D eigenvalue weighted by Gasteiger charge is -2.25. The largest absolute Gasteiger partial charge is 0.409 e. The molecule has 6 nitrogen and oxygen atoms in total. The number of carbonyl (C=O) groups is 1. The molecule has 116 valence electrons. The first-order valence-corrected chi connectivity index (χ1v) is 6.97. The molecule has 0 bridgehead atoms. The summed E-state index contributed by atoms with van der Waals surface area (Å²) < 4.78 is 0. The molecule has 0 aliphatic heterocycles. The number of benzene rings is 1. The Morgan fingerprint density at radius 3 is 2.76 bits per heavy atom. The third kappa shape index (κ3) is 4.19. The highest BCUT2D eigenvalue weighted by molar-refractivity contribution is 6.11. The summed E-state index contributed by atoms with van der Waals surface area (Å²) in [5.74, 6) is -0.432. The van der Waals surface area contributed by atoms with Crippen LogP contribution in [0, 0.1) is 5.41 Å². The Morgan fingerprint density at radius 1 is 1.48 bits per heavy atom. The van der Waals surface area contributed by atoms with Gasteiger partial charge in [0.15, 0.2) is 5.84 Å². The number of aliphatic hydroxyl groups excluding tert-OH is 1. The van der Waals surface area contributed by atoms with Crippen molar-refractivity contribution in [1.29, 1.82) is 0 Å². The van der Waals surface area contributed by atoms with Crippen LogP contribution in [0.4, 0.5) is 5.69 Å². The van der Waals surface area contributed by atoms with Crippen LogP contribution in [-0.4, -0.2) is 28.7 Å². The number of oxime groups is 1. The number of rotatable bonds is 7. The summed E-state index contributed by atoms with van der Waals surface area (Å²) in [5.41, 5.74) is 6.25. The third-order valence-electron chi connectivity index (χ3n) is 3.69. The summed E-state index contributed by atoms with van der Waals surface area (Å²) in [6, 6.07) is 7.42. The van der Waals surface area contributed by atoms with E-state index < -0.39 is 5.41 Å². The van der Waals surface area contributed by atoms with E-state index in [4.69, 9.17) is 16.0 Å². The second-order valence-electron chi connectivity index (χ2n) is 5.15. The van der Waals surface area contributed by atoms with Crippen molar-refractivity contribution in [3.05, 3.63) is 29.8 Å². The molecule has 0 spiro atoms. The fourth-order valence-corrected chi connectivity index (χ4v) is 1.93. The van der Waals surface area contributed by atoms with Gasteiger partial charge in [-0.15, -0.1) is 0 Å². The molecular weight excluding hydrogens is 270 g/mol. The molecule has 5 N–H and O–H groups in total. The highest BCUT2D eigenvalue weighted by atomic mass is 16.4. The molecule has 6 heteroatoms. The van der Waals surface area contributed by atoms with Crippen LogP contribution in [0.2, 0.25) is 0 Å². The minimum Gasteiger partial charge on any atom is -0.409 e. The smallest absolute Gasteiger partial charge is 0.238 e. The number of nitrogens with one attached hydrogen (secondary N) is 1. The number of carbonyl (C=O) groups excluding carboxylic acids is 1. The molecule has 1 atom stereocenters. The second-order valence-corrected chi connectivity index (χ2v) is 5.15. The van der Waals surface area contributed by atoms with Gasteiger partial charge in [0.25, 0.3) is 0 Å². The quantitative estimate of drug-likeness (QED) is 0.265. The maximum absolute atomic E-state index is 12.4. The zero-order valence-corrected chi connectivity index (χ0v) is 12.5. The van der Waals surface area contributed by atoms with Crippen LogP contribution in [0.3, 0.4) is 0 Å². The molecule has 0 radical (unpaired) electrons. The number of amides is 1. The molecule has 0 saturated carbocycles. The average molecular weight is 293 g/mol. The summed E-state index contributed by atoms with van der Waals surface area (Å²) in [5, 5.41) is 23.4. The van der Waals surface area contributed by atoms with Crippen molar-refractivity contribution in [2.45, 2.75) is 33.1 Å². The number of anilines is 1. The maximum atomic E-state index is 12.4. The molecule has 1 unspecified atom stereocenters. The van der Waals surface area contributed by atoms with Gasteiger partial charge in [-0.2, -0.15) is 0 Å². The van der Waals surface area contributed by atoms with E-state index >= 15 is 0 Å². The zero-order chi connectivity index (χ0) is 15.9. The number of hydrogen-bond acceptors (Lipinski definition) is 4. The second kappa shape index (κ2) is 7.64. The summed E-state index contributed by atoms with van der Waals surface area (Å²) in [4.78, 5) is 12.4. The van der Waals surface area contributed by atoms with E-state index in [-0.39, 0.29) is 18.3 Å². The summed E-state index contributed by atoms with van der Waals surface area (Å²) in [6.45, 7) is 3.57. The maximum Gasteiger partial charge on any atom is 0.238 e. The number of nitrogens with two attached hydrogens (primary N) is 1. The van der Waals surface area contributed by atoms with Crippen LogP contribution in [0.25, 0.3) is 0 Å². The lowest BCUT2D eigenvalue weighted by Crippen LogP contribution is -2.44. The minimum absolute atomic E-state index is 0.112. The van der Waals surface area contributed by atoms with Crippen LogP contribution in [0.15, 0.2) is 29.4 Å². The van der Waals surface area contributed by atoms with Gasteiger partial charge in [-0.1, -0.05) is 24.2 Å². The SMILES string of the molecule is CCC(C)(C(=O)Nc1cccc(CCCO)c1)/C(N)=N/O. The lowest BCUT2D eigenvalue weighted by molar-refractivity contribution is -0.121. The molecule has 1 rings (SSSR count). The number of amidine groups is 1. The molecule has 21 heavy (non-hydrogen) atoms. The van der Waals surface area contributed by atoms with Gasteiger partial charge >= 0.3 is 0 Å². The van der Waals surface area contributed by atoms with Crippen LogP contribution in [0.5, 0.6) is 0 Å². The van der Waals surface area contributed by atoms with Gasteiger partial charge in [-0.25, -0.2) is 0 Å². The Morgan fingerprint density at radius 2 is 2.19 bits per heavy atom. The van der Waals surface area contributed by atoms with E-state index in [0.717, 1.165) is 12.0 Å². The molecule has 0 aromatic heterocycles. The Bertz CT molecular complexity index is 517. The van der Waals surface area contributed by atoms with Gasteiger partial charge in [-0.05, 0) is 43.9 Å². The first-order valence-electron chi connectivity index (χ1n) is 6.97. The predicted molar refractivity (Wildman–Crippen MR) is 82.3 cm³/mol. The fraction of sp³-hybridized carbons (Fsp3) is 0.467. The van der Waals surface area contributed by atoms with E-state index in [1.54, 1.807) is 19.9 Å². The van der Waals surface area contributed by atoms with Crippen LogP contribution in [-0.2, 0) is 11.2 Å². The van der Waals surface area contributed by atoms with Crippen molar-refractivity contribution in [3.63, 3.8) is 0 Å². The van der Waals surface area contributed by atoms with Crippen molar-refractivity contribution in [1.82, 2.24) is 0 Å². The lowest BCUT2D eigenvalue weighted by atomic mass is 9.85. The van der Waals surface area contributed by atoms with Crippen molar-refractivity contribution >= 4 is 17.4 Å². The number of aryl methyl sites for hydroxylation is 1. The van der Waals surface area contributed by atoms with E-state index in [1.165, 1.54) is 0 Å². The third-order valence-corrected chi connectivity index (χ3v) is 3.69. The predicted octanol–water partition coefficient (Wildman–Crippen LogP) is 1.71. The van der Waals surface area contributed by atoms with Gasteiger partial charge in [0, 0.05) is 12.3 Å². The Labute approximate surface area is 124 Å². The first kappa shape index (κ1) is 17.0. The number of hydrogen-bond donors (Lipinski definition) is 4. The van der Waals surface area contributed by atoms with E-state index in [2.05, 4.69) is 10.5 Å². The first-order chi connectivity index (χ1) is 9.97. The summed E-state index contributed by atoms with van der Waals surface area (Å²) in [7, 11) is 0. The molecule has 0 aliphatic carbocycles. The molecule has 1 amide bonds.